The lowest BCUT2D eigenvalue weighted by Crippen LogP contribution is -2.15. The van der Waals surface area contributed by atoms with Crippen molar-refractivity contribution < 1.29 is 4.79 Å². The monoisotopic (exact) mass is 227 g/mol. The van der Waals surface area contributed by atoms with E-state index >= 15 is 0 Å². The van der Waals surface area contributed by atoms with Crippen molar-refractivity contribution in [1.82, 2.24) is 4.98 Å². The summed E-state index contributed by atoms with van der Waals surface area (Å²) in [6.45, 7) is 0. The lowest BCUT2D eigenvalue weighted by molar-refractivity contribution is -0.120. The van der Waals surface area contributed by atoms with Crippen LogP contribution in [0, 0.1) is 5.92 Å². The van der Waals surface area contributed by atoms with Gasteiger partial charge in [0, 0.05) is 29.9 Å². The lowest BCUT2D eigenvalue weighted by atomic mass is 9.84. The van der Waals surface area contributed by atoms with Crippen molar-refractivity contribution in [3.63, 3.8) is 0 Å². The Hall–Kier alpha value is -1.57. The first-order valence-corrected chi connectivity index (χ1v) is 6.39. The van der Waals surface area contributed by atoms with Gasteiger partial charge in [0.25, 0.3) is 0 Å². The summed E-state index contributed by atoms with van der Waals surface area (Å²) in [5, 5.41) is 1.34. The molecule has 2 nitrogen and oxygen atoms in total. The molecule has 0 radical (unpaired) electrons. The fraction of sp³-hybridized carbons (Fsp3) is 0.400. The fourth-order valence-electron chi connectivity index (χ4n) is 2.82. The highest BCUT2D eigenvalue weighted by Gasteiger charge is 2.19. The number of Topliss-reactive ketones (excluding diaryl/α,β-unsaturated/α-hetero) is 1. The van der Waals surface area contributed by atoms with Crippen molar-refractivity contribution >= 4 is 16.7 Å². The maximum Gasteiger partial charge on any atom is 0.132 e. The molecule has 0 saturated heterocycles. The smallest absolute Gasteiger partial charge is 0.132 e. The number of benzene rings is 1. The summed E-state index contributed by atoms with van der Waals surface area (Å²) in [5.74, 6) is 1.13. The number of nitrogens with one attached hydrogen (secondary N) is 1. The van der Waals surface area contributed by atoms with Crippen LogP contribution in [0.3, 0.4) is 0 Å². The largest absolute Gasteiger partial charge is 0.361 e. The average molecular weight is 227 g/mol. The van der Waals surface area contributed by atoms with Gasteiger partial charge < -0.3 is 4.98 Å². The second-order valence-corrected chi connectivity index (χ2v) is 5.05. The average Bonchev–Trinajstić information content (AvgIpc) is 2.76. The molecule has 0 spiro atoms. The van der Waals surface area contributed by atoms with Crippen LogP contribution < -0.4 is 0 Å². The molecular weight excluding hydrogens is 210 g/mol. The van der Waals surface area contributed by atoms with Crippen LogP contribution in [-0.2, 0) is 11.2 Å². The second kappa shape index (κ2) is 4.36. The highest BCUT2D eigenvalue weighted by atomic mass is 16.1. The van der Waals surface area contributed by atoms with Gasteiger partial charge in [-0.1, -0.05) is 18.2 Å². The molecule has 1 saturated carbocycles. The summed E-state index contributed by atoms with van der Waals surface area (Å²) in [6, 6.07) is 8.43. The predicted molar refractivity (Wildman–Crippen MR) is 69.0 cm³/mol. The number of hydrogen-bond acceptors (Lipinski definition) is 1. The summed E-state index contributed by atoms with van der Waals surface area (Å²) in [4.78, 5) is 14.5. The Labute approximate surface area is 101 Å². The van der Waals surface area contributed by atoms with Gasteiger partial charge in [-0.05, 0) is 36.8 Å². The number of fused-ring (bicyclic) bond motifs is 1. The molecule has 1 N–H and O–H groups in total. The molecule has 0 amide bonds. The van der Waals surface area contributed by atoms with Crippen molar-refractivity contribution in [3.8, 4) is 0 Å². The summed E-state index contributed by atoms with van der Waals surface area (Å²) < 4.78 is 0. The Morgan fingerprint density at radius 1 is 1.18 bits per heavy atom. The normalized spacial score (nSPS) is 17.8. The minimum absolute atomic E-state index is 0.445. The number of rotatable bonds is 2. The molecule has 0 unspecified atom stereocenters. The van der Waals surface area contributed by atoms with Gasteiger partial charge in [-0.3, -0.25) is 4.79 Å². The van der Waals surface area contributed by atoms with Crippen LogP contribution >= 0.6 is 0 Å². The van der Waals surface area contributed by atoms with Crippen LogP contribution in [0.15, 0.2) is 30.5 Å². The highest BCUT2D eigenvalue weighted by molar-refractivity contribution is 5.83. The minimum Gasteiger partial charge on any atom is -0.361 e. The number of carbonyl (C=O) groups is 1. The number of aromatic nitrogens is 1. The zero-order valence-corrected chi connectivity index (χ0v) is 9.91. The van der Waals surface area contributed by atoms with Crippen molar-refractivity contribution in [3.05, 3.63) is 36.0 Å². The van der Waals surface area contributed by atoms with Gasteiger partial charge in [-0.2, -0.15) is 0 Å². The molecule has 0 aliphatic heterocycles. The van der Waals surface area contributed by atoms with Gasteiger partial charge in [0.2, 0.25) is 0 Å². The van der Waals surface area contributed by atoms with Crippen LogP contribution in [-0.4, -0.2) is 10.8 Å². The molecule has 1 aromatic carbocycles. The predicted octanol–water partition coefficient (Wildman–Crippen LogP) is 3.47. The van der Waals surface area contributed by atoms with E-state index in [2.05, 4.69) is 35.4 Å². The van der Waals surface area contributed by atoms with Crippen molar-refractivity contribution in [2.45, 2.75) is 32.1 Å². The van der Waals surface area contributed by atoms with Gasteiger partial charge in [-0.15, -0.1) is 0 Å². The summed E-state index contributed by atoms with van der Waals surface area (Å²) in [6.07, 6.45) is 6.94. The third kappa shape index (κ3) is 2.12. The molecule has 3 rings (SSSR count). The number of carbonyl (C=O) groups excluding carboxylic acids is 1. The molecule has 2 aromatic rings. The first kappa shape index (κ1) is 10.6. The van der Waals surface area contributed by atoms with E-state index in [9.17, 15) is 4.79 Å². The number of ketones is 1. The van der Waals surface area contributed by atoms with E-state index in [4.69, 9.17) is 0 Å². The first-order chi connectivity index (χ1) is 8.33. The molecule has 0 atom stereocenters. The Morgan fingerprint density at radius 2 is 1.94 bits per heavy atom. The highest BCUT2D eigenvalue weighted by Crippen LogP contribution is 2.28. The van der Waals surface area contributed by atoms with E-state index in [0.29, 0.717) is 11.7 Å². The maximum atomic E-state index is 11.2. The van der Waals surface area contributed by atoms with Gasteiger partial charge in [0.1, 0.15) is 5.78 Å². The molecule has 1 fully saturated rings. The molecular formula is C15H17NO. The van der Waals surface area contributed by atoms with Crippen molar-refractivity contribution in [2.75, 3.05) is 0 Å². The Balaban J connectivity index is 1.78. The Kier molecular flexibility index (Phi) is 2.71. The zero-order valence-electron chi connectivity index (χ0n) is 9.91. The third-order valence-electron chi connectivity index (χ3n) is 3.85. The molecule has 17 heavy (non-hydrogen) atoms. The standard InChI is InChI=1S/C15H17NO/c17-13-7-5-11(6-8-13)9-12-10-16-15-4-2-1-3-14(12)15/h1-4,10-11,16H,5-9H2. The van der Waals surface area contributed by atoms with E-state index in [0.717, 1.165) is 32.1 Å². The van der Waals surface area contributed by atoms with Crippen LogP contribution in [0.2, 0.25) is 0 Å². The molecule has 1 aliphatic carbocycles. The van der Waals surface area contributed by atoms with Gasteiger partial charge >= 0.3 is 0 Å². The molecule has 88 valence electrons. The minimum atomic E-state index is 0.445. The number of H-pyrrole nitrogens is 1. The SMILES string of the molecule is O=C1CCC(Cc2c[nH]c3ccccc23)CC1. The van der Waals surface area contributed by atoms with E-state index in [1.165, 1.54) is 16.5 Å². The van der Waals surface area contributed by atoms with Crippen LogP contribution in [0.1, 0.15) is 31.2 Å². The van der Waals surface area contributed by atoms with Gasteiger partial charge in [-0.25, -0.2) is 0 Å². The van der Waals surface area contributed by atoms with E-state index < -0.39 is 0 Å². The molecule has 0 bridgehead atoms. The number of para-hydroxylation sites is 1. The van der Waals surface area contributed by atoms with Crippen molar-refractivity contribution in [1.29, 1.82) is 0 Å². The van der Waals surface area contributed by atoms with Crippen LogP contribution in [0.5, 0.6) is 0 Å². The Bertz CT molecular complexity index is 531. The van der Waals surface area contributed by atoms with Crippen LogP contribution in [0.25, 0.3) is 10.9 Å². The Morgan fingerprint density at radius 3 is 2.76 bits per heavy atom. The summed E-state index contributed by atoms with van der Waals surface area (Å²) in [5.41, 5.74) is 2.62. The zero-order chi connectivity index (χ0) is 11.7. The summed E-state index contributed by atoms with van der Waals surface area (Å²) in [7, 11) is 0. The maximum absolute atomic E-state index is 11.2. The fourth-order valence-corrected chi connectivity index (χ4v) is 2.82. The van der Waals surface area contributed by atoms with Crippen LogP contribution in [0.4, 0.5) is 0 Å². The number of aromatic amines is 1. The molecule has 1 heterocycles. The van der Waals surface area contributed by atoms with E-state index in [-0.39, 0.29) is 0 Å². The van der Waals surface area contributed by atoms with E-state index in [1.807, 2.05) is 0 Å². The first-order valence-electron chi connectivity index (χ1n) is 6.39. The van der Waals surface area contributed by atoms with Crippen molar-refractivity contribution in [2.24, 2.45) is 5.92 Å². The van der Waals surface area contributed by atoms with E-state index in [1.54, 1.807) is 0 Å². The topological polar surface area (TPSA) is 32.9 Å². The molecule has 2 heteroatoms. The number of hydrogen-bond donors (Lipinski definition) is 1. The molecule has 1 aliphatic rings. The summed E-state index contributed by atoms with van der Waals surface area (Å²) >= 11 is 0. The van der Waals surface area contributed by atoms with Gasteiger partial charge in [0.15, 0.2) is 0 Å². The lowest BCUT2D eigenvalue weighted by Gasteiger charge is -2.20. The quantitative estimate of drug-likeness (QED) is 0.837. The third-order valence-corrected chi connectivity index (χ3v) is 3.85. The molecule has 1 aromatic heterocycles. The second-order valence-electron chi connectivity index (χ2n) is 5.05. The van der Waals surface area contributed by atoms with Gasteiger partial charge in [0.05, 0.1) is 0 Å².